The van der Waals surface area contributed by atoms with Gasteiger partial charge in [-0.1, -0.05) is 12.1 Å². The van der Waals surface area contributed by atoms with Gasteiger partial charge in [0.25, 0.3) is 0 Å². The molecule has 9 heteroatoms. The molecule has 0 radical (unpaired) electrons. The van der Waals surface area contributed by atoms with E-state index in [0.717, 1.165) is 0 Å². The number of hydrogen-bond donors (Lipinski definition) is 2. The summed E-state index contributed by atoms with van der Waals surface area (Å²) in [4.78, 5) is 38.6. The minimum Gasteiger partial charge on any atom is -0.466 e. The predicted molar refractivity (Wildman–Crippen MR) is 104 cm³/mol. The second-order valence-corrected chi connectivity index (χ2v) is 6.66. The molecule has 156 valence electrons. The van der Waals surface area contributed by atoms with Gasteiger partial charge in [-0.2, -0.15) is 5.26 Å². The summed E-state index contributed by atoms with van der Waals surface area (Å²) < 4.78 is 15.7. The molecule has 1 aromatic rings. The predicted octanol–water partition coefficient (Wildman–Crippen LogP) is 1.68. The summed E-state index contributed by atoms with van der Waals surface area (Å²) in [6.45, 7) is 5.10. The number of esters is 2. The maximum Gasteiger partial charge on any atom is 0.339 e. The van der Waals surface area contributed by atoms with Crippen LogP contribution in [0.3, 0.4) is 0 Å². The van der Waals surface area contributed by atoms with Crippen LogP contribution in [0, 0.1) is 18.3 Å². The second-order valence-electron chi connectivity index (χ2n) is 6.66. The second kappa shape index (κ2) is 7.91. The molecule has 1 aromatic carbocycles. The van der Waals surface area contributed by atoms with E-state index in [9.17, 15) is 19.6 Å². The molecule has 2 aliphatic rings. The minimum absolute atomic E-state index is 0.00836. The third-order valence-corrected chi connectivity index (χ3v) is 4.95. The van der Waals surface area contributed by atoms with Crippen LogP contribution in [-0.2, 0) is 34.0 Å². The maximum absolute atomic E-state index is 13.4. The number of carbonyl (C=O) groups is 3. The van der Waals surface area contributed by atoms with E-state index in [-0.39, 0.29) is 36.0 Å². The first-order valence-electron chi connectivity index (χ1n) is 9.38. The smallest absolute Gasteiger partial charge is 0.339 e. The molecule has 0 bridgehead atoms. The molecule has 9 nitrogen and oxygen atoms in total. The number of anilines is 1. The SMILES string of the molecule is CCOC(=O)CC1=C(C(=O)OCC)C2(C(=O)Nc3cccc(C)c32)C(C#N)=C(N)O1. The number of fused-ring (bicyclic) bond motifs is 2. The number of carbonyl (C=O) groups excluding carboxylic acids is 3. The molecule has 1 atom stereocenters. The molecule has 0 aromatic heterocycles. The van der Waals surface area contributed by atoms with Gasteiger partial charge >= 0.3 is 11.9 Å². The van der Waals surface area contributed by atoms with Crippen LogP contribution in [0.4, 0.5) is 5.69 Å². The summed E-state index contributed by atoms with van der Waals surface area (Å²) in [7, 11) is 0. The van der Waals surface area contributed by atoms with Crippen molar-refractivity contribution in [2.75, 3.05) is 18.5 Å². The molecule has 3 N–H and O–H groups in total. The van der Waals surface area contributed by atoms with Crippen molar-refractivity contribution < 1.29 is 28.6 Å². The summed E-state index contributed by atoms with van der Waals surface area (Å²) >= 11 is 0. The molecule has 2 aliphatic heterocycles. The molecule has 0 aliphatic carbocycles. The number of amides is 1. The van der Waals surface area contributed by atoms with E-state index >= 15 is 0 Å². The molecular formula is C21H21N3O6. The fraction of sp³-hybridized carbons (Fsp3) is 0.333. The zero-order valence-electron chi connectivity index (χ0n) is 16.8. The lowest BCUT2D eigenvalue weighted by molar-refractivity contribution is -0.143. The maximum atomic E-state index is 13.4. The van der Waals surface area contributed by atoms with Crippen LogP contribution in [0.2, 0.25) is 0 Å². The molecule has 2 heterocycles. The van der Waals surface area contributed by atoms with E-state index in [0.29, 0.717) is 16.8 Å². The molecule has 30 heavy (non-hydrogen) atoms. The van der Waals surface area contributed by atoms with Gasteiger partial charge in [0.05, 0.1) is 13.2 Å². The van der Waals surface area contributed by atoms with Crippen molar-refractivity contribution in [2.45, 2.75) is 32.6 Å². The summed E-state index contributed by atoms with van der Waals surface area (Å²) in [5.74, 6) is -2.77. The van der Waals surface area contributed by atoms with Crippen molar-refractivity contribution in [1.29, 1.82) is 5.26 Å². The van der Waals surface area contributed by atoms with E-state index < -0.39 is 29.7 Å². The Morgan fingerprint density at radius 2 is 1.97 bits per heavy atom. The largest absolute Gasteiger partial charge is 0.466 e. The molecule has 1 spiro atoms. The van der Waals surface area contributed by atoms with Crippen molar-refractivity contribution in [1.82, 2.24) is 0 Å². The average Bonchev–Trinajstić information content (AvgIpc) is 2.96. The van der Waals surface area contributed by atoms with E-state index in [4.69, 9.17) is 19.9 Å². The van der Waals surface area contributed by atoms with Crippen LogP contribution in [0.15, 0.2) is 41.0 Å². The van der Waals surface area contributed by atoms with Crippen LogP contribution in [0.5, 0.6) is 0 Å². The van der Waals surface area contributed by atoms with E-state index in [1.54, 1.807) is 39.0 Å². The third kappa shape index (κ3) is 2.97. The van der Waals surface area contributed by atoms with Gasteiger partial charge < -0.3 is 25.3 Å². The first-order valence-corrected chi connectivity index (χ1v) is 9.38. The van der Waals surface area contributed by atoms with Crippen LogP contribution >= 0.6 is 0 Å². The zero-order chi connectivity index (χ0) is 22.1. The highest BCUT2D eigenvalue weighted by molar-refractivity contribution is 6.18. The molecule has 0 saturated heterocycles. The summed E-state index contributed by atoms with van der Waals surface area (Å²) in [6, 6.07) is 7.06. The summed E-state index contributed by atoms with van der Waals surface area (Å²) in [5.41, 5.74) is 5.07. The lowest BCUT2D eigenvalue weighted by Gasteiger charge is -2.35. The minimum atomic E-state index is -1.90. The van der Waals surface area contributed by atoms with Crippen LogP contribution in [0.25, 0.3) is 0 Å². The fourth-order valence-corrected chi connectivity index (χ4v) is 3.91. The number of aryl methyl sites for hydroxylation is 1. The van der Waals surface area contributed by atoms with Gasteiger partial charge in [0.15, 0.2) is 5.41 Å². The summed E-state index contributed by atoms with van der Waals surface area (Å²) in [6.07, 6.45) is -0.461. The molecule has 3 rings (SSSR count). The number of nitrogens with zero attached hydrogens (tertiary/aromatic N) is 1. The van der Waals surface area contributed by atoms with Gasteiger partial charge in [0.1, 0.15) is 29.4 Å². The topological polar surface area (TPSA) is 141 Å². The van der Waals surface area contributed by atoms with Crippen LogP contribution in [-0.4, -0.2) is 31.1 Å². The number of nitrogens with one attached hydrogen (secondary N) is 1. The number of ether oxygens (including phenoxy) is 3. The van der Waals surface area contributed by atoms with Crippen molar-refractivity contribution in [3.05, 3.63) is 52.1 Å². The Kier molecular flexibility index (Phi) is 5.52. The highest BCUT2D eigenvalue weighted by Crippen LogP contribution is 2.53. The number of nitrogens with two attached hydrogens (primary N) is 1. The van der Waals surface area contributed by atoms with Crippen molar-refractivity contribution >= 4 is 23.5 Å². The quantitative estimate of drug-likeness (QED) is 0.697. The average molecular weight is 411 g/mol. The van der Waals surface area contributed by atoms with Gasteiger partial charge in [-0.3, -0.25) is 9.59 Å². The van der Waals surface area contributed by atoms with Crippen LogP contribution < -0.4 is 11.1 Å². The van der Waals surface area contributed by atoms with Crippen LogP contribution in [0.1, 0.15) is 31.4 Å². The molecule has 0 fully saturated rings. The molecule has 1 amide bonds. The van der Waals surface area contributed by atoms with Crippen molar-refractivity contribution in [3.8, 4) is 6.07 Å². The first-order chi connectivity index (χ1) is 14.3. The Morgan fingerprint density at radius 3 is 2.60 bits per heavy atom. The van der Waals surface area contributed by atoms with Gasteiger partial charge in [0, 0.05) is 11.3 Å². The van der Waals surface area contributed by atoms with Crippen molar-refractivity contribution in [3.63, 3.8) is 0 Å². The first kappa shape index (κ1) is 20.9. The Bertz CT molecular complexity index is 1050. The van der Waals surface area contributed by atoms with Gasteiger partial charge in [-0.05, 0) is 32.4 Å². The van der Waals surface area contributed by atoms with Gasteiger partial charge in [-0.15, -0.1) is 0 Å². The lowest BCUT2D eigenvalue weighted by atomic mass is 9.67. The Morgan fingerprint density at radius 1 is 1.27 bits per heavy atom. The lowest BCUT2D eigenvalue weighted by Crippen LogP contribution is -2.46. The fourth-order valence-electron chi connectivity index (χ4n) is 3.91. The van der Waals surface area contributed by atoms with Crippen molar-refractivity contribution in [2.24, 2.45) is 5.73 Å². The Labute approximate surface area is 173 Å². The number of benzene rings is 1. The zero-order valence-corrected chi connectivity index (χ0v) is 16.8. The molecular weight excluding hydrogens is 390 g/mol. The number of rotatable bonds is 5. The number of hydrogen-bond acceptors (Lipinski definition) is 8. The highest BCUT2D eigenvalue weighted by atomic mass is 16.5. The van der Waals surface area contributed by atoms with E-state index in [1.165, 1.54) is 0 Å². The Balaban J connectivity index is 2.39. The summed E-state index contributed by atoms with van der Waals surface area (Å²) in [5, 5.41) is 12.6. The highest BCUT2D eigenvalue weighted by Gasteiger charge is 2.60. The van der Waals surface area contributed by atoms with Gasteiger partial charge in [0.2, 0.25) is 11.8 Å². The van der Waals surface area contributed by atoms with E-state index in [1.807, 2.05) is 6.07 Å². The third-order valence-electron chi connectivity index (χ3n) is 4.95. The Hall–Kier alpha value is -3.80. The molecule has 0 saturated carbocycles. The standard InChI is InChI=1S/C21H21N3O6/c1-4-28-15(25)9-14-17(19(26)29-5-2)21(12(10-22)18(23)30-14)16-11(3)7-6-8-13(16)24-20(21)27/h6-8H,4-5,9,23H2,1-3H3,(H,24,27). The molecule has 1 unspecified atom stereocenters. The number of nitriles is 1. The normalized spacial score (nSPS) is 19.7. The van der Waals surface area contributed by atoms with E-state index in [2.05, 4.69) is 5.32 Å². The monoisotopic (exact) mass is 411 g/mol. The van der Waals surface area contributed by atoms with Gasteiger partial charge in [-0.25, -0.2) is 4.79 Å².